The lowest BCUT2D eigenvalue weighted by atomic mass is 9.73. The third-order valence-corrected chi connectivity index (χ3v) is 6.72. The van der Waals surface area contributed by atoms with Crippen LogP contribution in [0.15, 0.2) is 36.4 Å². The summed E-state index contributed by atoms with van der Waals surface area (Å²) in [4.78, 5) is 0. The van der Waals surface area contributed by atoms with Gasteiger partial charge in [-0.1, -0.05) is 70.2 Å². The average Bonchev–Trinajstić information content (AvgIpc) is 2.75. The largest absolute Gasteiger partial charge is 0.573 e. The molecule has 6 heteroatoms. The minimum Gasteiger partial charge on any atom is -0.399 e. The van der Waals surface area contributed by atoms with Crippen molar-refractivity contribution in [2.75, 3.05) is 0 Å². The van der Waals surface area contributed by atoms with E-state index in [4.69, 9.17) is 0 Å². The summed E-state index contributed by atoms with van der Waals surface area (Å²) in [5, 5.41) is 0. The Kier molecular flexibility index (Phi) is 8.18. The number of unbranched alkanes of at least 4 members (excludes halogenated alkanes) is 1. The van der Waals surface area contributed by atoms with Gasteiger partial charge in [-0.05, 0) is 65.8 Å². The van der Waals surface area contributed by atoms with E-state index in [-0.39, 0.29) is 5.56 Å². The summed E-state index contributed by atoms with van der Waals surface area (Å²) >= 11 is 0. The molecule has 0 aliphatic heterocycles. The fraction of sp³-hybridized carbons (Fsp3) is 0.538. The van der Waals surface area contributed by atoms with Crippen LogP contribution in [0, 0.1) is 29.4 Å². The average molecular weight is 455 g/mol. The van der Waals surface area contributed by atoms with E-state index in [9.17, 15) is 22.0 Å². The molecule has 0 spiro atoms. The smallest absolute Gasteiger partial charge is 0.399 e. The van der Waals surface area contributed by atoms with E-state index in [1.807, 2.05) is 12.1 Å². The minimum atomic E-state index is -5.16. The highest BCUT2D eigenvalue weighted by Crippen LogP contribution is 2.37. The van der Waals surface area contributed by atoms with E-state index in [2.05, 4.69) is 18.6 Å². The van der Waals surface area contributed by atoms with Gasteiger partial charge in [0.05, 0.1) is 0 Å². The maximum absolute atomic E-state index is 14.0. The topological polar surface area (TPSA) is 9.23 Å². The SMILES string of the molecule is CCCCC1CCC(C(C)Cc2ccc(-c3cc(F)c(OC(F)(F)F)c(F)c3)cc2)CC1. The van der Waals surface area contributed by atoms with Crippen molar-refractivity contribution in [2.24, 2.45) is 17.8 Å². The highest BCUT2D eigenvalue weighted by atomic mass is 19.4. The molecule has 3 rings (SSSR count). The molecule has 176 valence electrons. The number of halogens is 5. The van der Waals surface area contributed by atoms with Crippen molar-refractivity contribution < 1.29 is 26.7 Å². The molecule has 0 saturated heterocycles. The summed E-state index contributed by atoms with van der Waals surface area (Å²) in [6, 6.07) is 9.07. The maximum Gasteiger partial charge on any atom is 0.573 e. The molecule has 0 heterocycles. The molecule has 1 atom stereocenters. The molecule has 32 heavy (non-hydrogen) atoms. The van der Waals surface area contributed by atoms with Crippen LogP contribution in [-0.2, 0) is 6.42 Å². The Labute approximate surface area is 187 Å². The molecule has 2 aromatic carbocycles. The zero-order valence-electron chi connectivity index (χ0n) is 18.7. The predicted octanol–water partition coefficient (Wildman–Crippen LogP) is 8.71. The lowest BCUT2D eigenvalue weighted by Gasteiger charge is -2.32. The second kappa shape index (κ2) is 10.7. The monoisotopic (exact) mass is 454 g/mol. The second-order valence-electron chi connectivity index (χ2n) is 9.12. The van der Waals surface area contributed by atoms with Gasteiger partial charge in [-0.25, -0.2) is 8.78 Å². The Morgan fingerprint density at radius 2 is 1.53 bits per heavy atom. The van der Waals surface area contributed by atoms with Gasteiger partial charge in [-0.3, -0.25) is 0 Å². The summed E-state index contributed by atoms with van der Waals surface area (Å²) in [5.41, 5.74) is 1.85. The van der Waals surface area contributed by atoms with Gasteiger partial charge in [-0.2, -0.15) is 0 Å². The first-order valence-corrected chi connectivity index (χ1v) is 11.5. The van der Waals surface area contributed by atoms with Crippen molar-refractivity contribution in [1.82, 2.24) is 0 Å². The molecule has 0 amide bonds. The van der Waals surface area contributed by atoms with Crippen molar-refractivity contribution in [2.45, 2.75) is 71.6 Å². The predicted molar refractivity (Wildman–Crippen MR) is 116 cm³/mol. The Hall–Kier alpha value is -2.11. The fourth-order valence-electron chi connectivity index (χ4n) is 4.85. The molecule has 0 aromatic heterocycles. The highest BCUT2D eigenvalue weighted by Gasteiger charge is 2.34. The van der Waals surface area contributed by atoms with Crippen LogP contribution in [-0.4, -0.2) is 6.36 Å². The fourth-order valence-corrected chi connectivity index (χ4v) is 4.85. The van der Waals surface area contributed by atoms with Crippen LogP contribution in [0.25, 0.3) is 11.1 Å². The summed E-state index contributed by atoms with van der Waals surface area (Å²) in [6.45, 7) is 4.53. The quantitative estimate of drug-likeness (QED) is 0.363. The van der Waals surface area contributed by atoms with Crippen LogP contribution in [0.1, 0.15) is 64.4 Å². The first kappa shape index (κ1) is 24.5. The van der Waals surface area contributed by atoms with Gasteiger partial charge >= 0.3 is 6.36 Å². The van der Waals surface area contributed by atoms with Gasteiger partial charge in [-0.15, -0.1) is 13.2 Å². The van der Waals surface area contributed by atoms with Crippen LogP contribution in [0.5, 0.6) is 5.75 Å². The molecule has 1 unspecified atom stereocenters. The van der Waals surface area contributed by atoms with E-state index in [0.29, 0.717) is 11.5 Å². The third kappa shape index (κ3) is 6.69. The molecule has 0 N–H and O–H groups in total. The van der Waals surface area contributed by atoms with Gasteiger partial charge in [0, 0.05) is 0 Å². The Morgan fingerprint density at radius 3 is 2.06 bits per heavy atom. The van der Waals surface area contributed by atoms with E-state index in [0.717, 1.165) is 36.0 Å². The highest BCUT2D eigenvalue weighted by molar-refractivity contribution is 5.65. The number of ether oxygens (including phenoxy) is 1. The van der Waals surface area contributed by atoms with Crippen LogP contribution in [0.2, 0.25) is 0 Å². The van der Waals surface area contributed by atoms with Gasteiger partial charge in [0.25, 0.3) is 0 Å². The Bertz CT molecular complexity index is 844. The van der Waals surface area contributed by atoms with Crippen molar-refractivity contribution in [1.29, 1.82) is 0 Å². The van der Waals surface area contributed by atoms with Crippen LogP contribution in [0.4, 0.5) is 22.0 Å². The number of alkyl halides is 3. The molecule has 0 radical (unpaired) electrons. The lowest BCUT2D eigenvalue weighted by Crippen LogP contribution is -2.21. The number of benzene rings is 2. The second-order valence-corrected chi connectivity index (χ2v) is 9.12. The van der Waals surface area contributed by atoms with E-state index in [1.54, 1.807) is 12.1 Å². The zero-order valence-corrected chi connectivity index (χ0v) is 18.7. The minimum absolute atomic E-state index is 0.166. The summed E-state index contributed by atoms with van der Waals surface area (Å²) < 4.78 is 68.4. The summed E-state index contributed by atoms with van der Waals surface area (Å²) in [6.07, 6.45) is 4.90. The molecule has 1 aliphatic carbocycles. The van der Waals surface area contributed by atoms with E-state index in [1.165, 1.54) is 44.9 Å². The van der Waals surface area contributed by atoms with Crippen LogP contribution in [0.3, 0.4) is 0 Å². The summed E-state index contributed by atoms with van der Waals surface area (Å²) in [5.74, 6) is -2.05. The standard InChI is InChI=1S/C26H31F5O/c1-3-4-5-18-6-10-20(11-7-18)17(2)14-19-8-12-21(13-9-19)22-15-23(27)25(24(28)16-22)32-26(29,30)31/h8-9,12-13,15-18,20H,3-7,10-11,14H2,1-2H3. The van der Waals surface area contributed by atoms with Gasteiger partial charge in [0.2, 0.25) is 5.75 Å². The van der Waals surface area contributed by atoms with Crippen molar-refractivity contribution in [3.05, 3.63) is 53.6 Å². The van der Waals surface area contributed by atoms with Crippen molar-refractivity contribution >= 4 is 0 Å². The molecule has 1 saturated carbocycles. The Balaban J connectivity index is 1.61. The normalized spacial score (nSPS) is 20.2. The maximum atomic E-state index is 14.0. The summed E-state index contributed by atoms with van der Waals surface area (Å²) in [7, 11) is 0. The first-order chi connectivity index (χ1) is 15.2. The van der Waals surface area contributed by atoms with Crippen molar-refractivity contribution in [3.8, 4) is 16.9 Å². The van der Waals surface area contributed by atoms with Gasteiger partial charge in [0.1, 0.15) is 0 Å². The molecular formula is C26H31F5O. The van der Waals surface area contributed by atoms with E-state index < -0.39 is 23.7 Å². The number of rotatable bonds is 8. The van der Waals surface area contributed by atoms with Gasteiger partial charge in [0.15, 0.2) is 11.6 Å². The van der Waals surface area contributed by atoms with Crippen molar-refractivity contribution in [3.63, 3.8) is 0 Å². The molecule has 0 bridgehead atoms. The zero-order chi connectivity index (χ0) is 23.3. The van der Waals surface area contributed by atoms with Crippen LogP contribution < -0.4 is 4.74 Å². The van der Waals surface area contributed by atoms with Gasteiger partial charge < -0.3 is 4.74 Å². The Morgan fingerprint density at radius 1 is 0.938 bits per heavy atom. The lowest BCUT2D eigenvalue weighted by molar-refractivity contribution is -0.276. The van der Waals surface area contributed by atoms with Crippen LogP contribution >= 0.6 is 0 Å². The molecule has 1 fully saturated rings. The number of hydrogen-bond donors (Lipinski definition) is 0. The molecule has 1 nitrogen and oxygen atoms in total. The molecular weight excluding hydrogens is 423 g/mol. The third-order valence-electron chi connectivity index (χ3n) is 6.72. The molecule has 2 aromatic rings. The number of hydrogen-bond acceptors (Lipinski definition) is 1. The first-order valence-electron chi connectivity index (χ1n) is 11.5. The molecule has 1 aliphatic rings. The van der Waals surface area contributed by atoms with E-state index >= 15 is 0 Å².